The van der Waals surface area contributed by atoms with Gasteiger partial charge in [0, 0.05) is 25.7 Å². The van der Waals surface area contributed by atoms with Gasteiger partial charge in [-0.3, -0.25) is 0 Å². The third kappa shape index (κ3) is 3.77. The molecule has 3 rings (SSSR count). The first kappa shape index (κ1) is 19.6. The van der Waals surface area contributed by atoms with E-state index >= 15 is 0 Å². The minimum Gasteiger partial charge on any atom is -0.206 e. The Balaban J connectivity index is 1.81. The molecule has 0 bridgehead atoms. The molecule has 0 spiro atoms. The topological polar surface area (TPSA) is 74.8 Å². The molecule has 0 aliphatic carbocycles. The van der Waals surface area contributed by atoms with E-state index in [9.17, 15) is 16.8 Å². The average Bonchev–Trinajstić information content (AvgIpc) is 3.16. The molecule has 1 fully saturated rings. The Labute approximate surface area is 164 Å². The van der Waals surface area contributed by atoms with Crippen LogP contribution >= 0.6 is 45.9 Å². The highest BCUT2D eigenvalue weighted by Gasteiger charge is 2.39. The largest absolute Gasteiger partial charge is 0.252 e. The molecule has 1 aliphatic heterocycles. The van der Waals surface area contributed by atoms with Crippen molar-refractivity contribution in [3.05, 3.63) is 32.9 Å². The molecule has 12 heteroatoms. The van der Waals surface area contributed by atoms with Gasteiger partial charge in [0.15, 0.2) is 0 Å². The maximum Gasteiger partial charge on any atom is 0.252 e. The Morgan fingerprint density at radius 3 is 1.88 bits per heavy atom. The van der Waals surface area contributed by atoms with Crippen LogP contribution in [0.1, 0.15) is 6.92 Å². The maximum atomic E-state index is 12.7. The van der Waals surface area contributed by atoms with Crippen molar-refractivity contribution in [2.24, 2.45) is 0 Å². The van der Waals surface area contributed by atoms with Crippen molar-refractivity contribution in [2.75, 3.05) is 19.6 Å². The van der Waals surface area contributed by atoms with E-state index in [0.717, 1.165) is 22.7 Å². The zero-order chi connectivity index (χ0) is 18.4. The molecule has 3 heterocycles. The summed E-state index contributed by atoms with van der Waals surface area (Å²) in [5.41, 5.74) is 0. The fourth-order valence-corrected chi connectivity index (χ4v) is 8.97. The van der Waals surface area contributed by atoms with Gasteiger partial charge in [-0.25, -0.2) is 16.8 Å². The van der Waals surface area contributed by atoms with E-state index in [1.54, 1.807) is 6.92 Å². The highest BCUT2D eigenvalue weighted by molar-refractivity contribution is 7.91. The van der Waals surface area contributed by atoms with Crippen LogP contribution in [-0.4, -0.2) is 51.1 Å². The number of sulfonamides is 2. The van der Waals surface area contributed by atoms with Crippen LogP contribution in [0, 0.1) is 0 Å². The highest BCUT2D eigenvalue weighted by atomic mass is 35.5. The van der Waals surface area contributed by atoms with Gasteiger partial charge in [0.2, 0.25) is 0 Å². The third-order valence-corrected chi connectivity index (χ3v) is 11.1. The Morgan fingerprint density at radius 2 is 1.44 bits per heavy atom. The summed E-state index contributed by atoms with van der Waals surface area (Å²) in [7, 11) is -7.37. The van der Waals surface area contributed by atoms with Crippen LogP contribution in [0.5, 0.6) is 0 Å². The lowest BCUT2D eigenvalue weighted by Crippen LogP contribution is -2.55. The number of hydrogen-bond donors (Lipinski definition) is 0. The minimum atomic E-state index is -3.69. The van der Waals surface area contributed by atoms with Crippen molar-refractivity contribution < 1.29 is 16.8 Å². The van der Waals surface area contributed by atoms with Gasteiger partial charge in [0.05, 0.1) is 8.67 Å². The van der Waals surface area contributed by atoms with Crippen molar-refractivity contribution in [3.63, 3.8) is 0 Å². The van der Waals surface area contributed by atoms with Gasteiger partial charge >= 0.3 is 0 Å². The SMILES string of the molecule is CC1CN(S(=O)(=O)c2ccc(Cl)s2)CCN1S(=O)(=O)c1ccc(Cl)s1. The summed E-state index contributed by atoms with van der Waals surface area (Å²) in [4.78, 5) is 0. The van der Waals surface area contributed by atoms with Crippen molar-refractivity contribution in [1.29, 1.82) is 0 Å². The van der Waals surface area contributed by atoms with E-state index in [1.807, 2.05) is 0 Å². The number of piperazine rings is 1. The lowest BCUT2D eigenvalue weighted by molar-refractivity contribution is 0.213. The zero-order valence-corrected chi connectivity index (χ0v) is 17.7. The summed E-state index contributed by atoms with van der Waals surface area (Å²) in [5.74, 6) is 0. The molecule has 1 atom stereocenters. The van der Waals surface area contributed by atoms with Crippen molar-refractivity contribution in [2.45, 2.75) is 21.4 Å². The molecule has 1 unspecified atom stereocenters. The Morgan fingerprint density at radius 1 is 0.920 bits per heavy atom. The average molecular weight is 461 g/mol. The number of rotatable bonds is 4. The summed E-state index contributed by atoms with van der Waals surface area (Å²) in [6.07, 6.45) is 0. The second-order valence-corrected chi connectivity index (χ2v) is 13.2. The van der Waals surface area contributed by atoms with Crippen LogP contribution in [0.4, 0.5) is 0 Å². The summed E-state index contributed by atoms with van der Waals surface area (Å²) in [5, 5.41) is 0. The predicted molar refractivity (Wildman–Crippen MR) is 101 cm³/mol. The van der Waals surface area contributed by atoms with E-state index in [1.165, 1.54) is 32.9 Å². The van der Waals surface area contributed by atoms with E-state index in [0.29, 0.717) is 8.67 Å². The van der Waals surface area contributed by atoms with E-state index in [4.69, 9.17) is 23.2 Å². The number of thiophene rings is 2. The Bertz CT molecular complexity index is 983. The molecule has 6 nitrogen and oxygen atoms in total. The van der Waals surface area contributed by atoms with E-state index < -0.39 is 26.1 Å². The fraction of sp³-hybridized carbons (Fsp3) is 0.385. The van der Waals surface area contributed by atoms with Gasteiger partial charge in [-0.2, -0.15) is 8.61 Å². The number of nitrogens with zero attached hydrogens (tertiary/aromatic N) is 2. The summed E-state index contributed by atoms with van der Waals surface area (Å²) in [6, 6.07) is 5.49. The van der Waals surface area contributed by atoms with Gasteiger partial charge < -0.3 is 0 Å². The summed E-state index contributed by atoms with van der Waals surface area (Å²) in [6.45, 7) is 1.93. The van der Waals surface area contributed by atoms with E-state index in [-0.39, 0.29) is 28.1 Å². The quantitative estimate of drug-likeness (QED) is 0.701. The molecule has 1 aliphatic rings. The molecule has 0 N–H and O–H groups in total. The smallest absolute Gasteiger partial charge is 0.206 e. The minimum absolute atomic E-state index is 0.0796. The van der Waals surface area contributed by atoms with E-state index in [2.05, 4.69) is 0 Å². The molecular weight excluding hydrogens is 447 g/mol. The number of hydrogen-bond acceptors (Lipinski definition) is 6. The standard InChI is InChI=1S/C13H14Cl2N2O4S4/c1-9-8-16(24(18,19)12-4-2-10(14)22-12)6-7-17(9)25(20,21)13-5-3-11(15)23-13/h2-5,9H,6-8H2,1H3. The maximum absolute atomic E-state index is 12.7. The van der Waals surface area contributed by atoms with Crippen LogP contribution in [0.2, 0.25) is 8.67 Å². The highest BCUT2D eigenvalue weighted by Crippen LogP contribution is 2.32. The summed E-state index contributed by atoms with van der Waals surface area (Å²) < 4.78 is 54.5. The normalized spacial score (nSPS) is 20.8. The Kier molecular flexibility index (Phi) is 5.54. The molecule has 25 heavy (non-hydrogen) atoms. The van der Waals surface area contributed by atoms with Gasteiger partial charge in [-0.15, -0.1) is 22.7 Å². The molecule has 0 aromatic carbocycles. The number of halogens is 2. The monoisotopic (exact) mass is 460 g/mol. The molecule has 0 saturated carbocycles. The van der Waals surface area contributed by atoms with Crippen LogP contribution in [0.3, 0.4) is 0 Å². The molecule has 1 saturated heterocycles. The van der Waals surface area contributed by atoms with Gasteiger partial charge in [-0.05, 0) is 31.2 Å². The van der Waals surface area contributed by atoms with Crippen LogP contribution < -0.4 is 0 Å². The lowest BCUT2D eigenvalue weighted by atomic mass is 10.3. The van der Waals surface area contributed by atoms with Crippen LogP contribution in [0.15, 0.2) is 32.7 Å². The Hall–Kier alpha value is -0.200. The van der Waals surface area contributed by atoms with Gasteiger partial charge in [0.25, 0.3) is 20.0 Å². The van der Waals surface area contributed by atoms with Crippen molar-refractivity contribution in [3.8, 4) is 0 Å². The van der Waals surface area contributed by atoms with Crippen molar-refractivity contribution >= 4 is 65.9 Å². The molecule has 0 radical (unpaired) electrons. The predicted octanol–water partition coefficient (Wildman–Crippen LogP) is 3.20. The second-order valence-electron chi connectivity index (χ2n) is 5.44. The first-order valence-electron chi connectivity index (χ1n) is 7.15. The third-order valence-electron chi connectivity index (χ3n) is 3.78. The lowest BCUT2D eigenvalue weighted by Gasteiger charge is -2.37. The van der Waals surface area contributed by atoms with Crippen molar-refractivity contribution in [1.82, 2.24) is 8.61 Å². The van der Waals surface area contributed by atoms with Crippen LogP contribution in [-0.2, 0) is 20.0 Å². The summed E-state index contributed by atoms with van der Waals surface area (Å²) >= 11 is 13.6. The molecule has 2 aromatic heterocycles. The van der Waals surface area contributed by atoms with Gasteiger partial charge in [-0.1, -0.05) is 23.2 Å². The molecule has 0 amide bonds. The second kappa shape index (κ2) is 7.08. The first-order chi connectivity index (χ1) is 11.6. The zero-order valence-electron chi connectivity index (χ0n) is 12.9. The molecular formula is C13H14Cl2N2O4S4. The fourth-order valence-electron chi connectivity index (χ4n) is 2.60. The first-order valence-corrected chi connectivity index (χ1v) is 12.4. The van der Waals surface area contributed by atoms with Crippen LogP contribution in [0.25, 0.3) is 0 Å². The molecule has 2 aromatic rings. The molecule has 138 valence electrons. The van der Waals surface area contributed by atoms with Gasteiger partial charge in [0.1, 0.15) is 8.42 Å².